The maximum atomic E-state index is 10.9. The largest absolute Gasteiger partial charge is 0.489 e. The van der Waals surface area contributed by atoms with Gasteiger partial charge in [-0.2, -0.15) is 0 Å². The molecule has 1 saturated heterocycles. The molecule has 2 unspecified atom stereocenters. The Bertz CT molecular complexity index is 427. The van der Waals surface area contributed by atoms with E-state index >= 15 is 0 Å². The Morgan fingerprint density at radius 2 is 2.53 bits per heavy atom. The monoisotopic (exact) mass is 300 g/mol. The number of ether oxygens (including phenoxy) is 1. The number of nitrogens with zero attached hydrogens (tertiary/aromatic N) is 2. The zero-order chi connectivity index (χ0) is 12.4. The number of rotatable bonds is 3. The molecule has 0 bridgehead atoms. The van der Waals surface area contributed by atoms with E-state index in [0.29, 0.717) is 12.4 Å². The van der Waals surface area contributed by atoms with E-state index in [1.807, 2.05) is 6.92 Å². The summed E-state index contributed by atoms with van der Waals surface area (Å²) in [7, 11) is 0. The van der Waals surface area contributed by atoms with Crippen LogP contribution in [0.4, 0.5) is 4.79 Å². The highest BCUT2D eigenvalue weighted by atomic mass is 79.9. The number of pyridine rings is 1. The number of hydrogen-bond acceptors (Lipinski definition) is 3. The van der Waals surface area contributed by atoms with E-state index < -0.39 is 6.09 Å². The van der Waals surface area contributed by atoms with Crippen LogP contribution in [0.15, 0.2) is 22.9 Å². The van der Waals surface area contributed by atoms with Crippen LogP contribution in [0.1, 0.15) is 13.3 Å². The molecule has 1 aromatic rings. The lowest BCUT2D eigenvalue weighted by Crippen LogP contribution is -2.59. The SMILES string of the molecule is CC1CC(COc2cnccc2Br)N1C(=O)O. The molecule has 6 heteroatoms. The lowest BCUT2D eigenvalue weighted by Gasteiger charge is -2.44. The molecule has 1 amide bonds. The Hall–Kier alpha value is -1.30. The maximum absolute atomic E-state index is 10.9. The average molecular weight is 301 g/mol. The van der Waals surface area contributed by atoms with Crippen molar-refractivity contribution in [1.29, 1.82) is 0 Å². The lowest BCUT2D eigenvalue weighted by molar-refractivity contribution is 0.00959. The van der Waals surface area contributed by atoms with E-state index in [1.165, 1.54) is 4.90 Å². The molecule has 2 rings (SSSR count). The fourth-order valence-corrected chi connectivity index (χ4v) is 2.33. The summed E-state index contributed by atoms with van der Waals surface area (Å²) in [6.45, 7) is 2.26. The molecular formula is C11H13BrN2O3. The van der Waals surface area contributed by atoms with E-state index in [2.05, 4.69) is 20.9 Å². The highest BCUT2D eigenvalue weighted by molar-refractivity contribution is 9.10. The number of amides is 1. The molecule has 0 spiro atoms. The van der Waals surface area contributed by atoms with Crippen LogP contribution in [0, 0.1) is 0 Å². The van der Waals surface area contributed by atoms with Crippen LogP contribution in [-0.2, 0) is 0 Å². The summed E-state index contributed by atoms with van der Waals surface area (Å²) in [5, 5.41) is 8.97. The van der Waals surface area contributed by atoms with E-state index in [1.54, 1.807) is 18.5 Å². The molecule has 0 saturated carbocycles. The van der Waals surface area contributed by atoms with Gasteiger partial charge in [0.25, 0.3) is 0 Å². The van der Waals surface area contributed by atoms with E-state index in [0.717, 1.165) is 10.9 Å². The fraction of sp³-hybridized carbons (Fsp3) is 0.455. The van der Waals surface area contributed by atoms with E-state index in [9.17, 15) is 4.79 Å². The third kappa shape index (κ3) is 2.52. The molecule has 2 atom stereocenters. The van der Waals surface area contributed by atoms with Gasteiger partial charge in [0, 0.05) is 12.2 Å². The van der Waals surface area contributed by atoms with Crippen molar-refractivity contribution in [2.75, 3.05) is 6.61 Å². The molecule has 1 aliphatic heterocycles. The molecule has 1 fully saturated rings. The van der Waals surface area contributed by atoms with Gasteiger partial charge in [-0.25, -0.2) is 4.79 Å². The van der Waals surface area contributed by atoms with Gasteiger partial charge in [-0.05, 0) is 35.3 Å². The first-order valence-corrected chi connectivity index (χ1v) is 6.12. The van der Waals surface area contributed by atoms with Crippen LogP contribution in [-0.4, -0.2) is 39.8 Å². The molecule has 0 radical (unpaired) electrons. The molecule has 0 aromatic carbocycles. The second kappa shape index (κ2) is 4.91. The first-order chi connectivity index (χ1) is 8.09. The highest BCUT2D eigenvalue weighted by Crippen LogP contribution is 2.28. The minimum atomic E-state index is -0.886. The summed E-state index contributed by atoms with van der Waals surface area (Å²) < 4.78 is 6.38. The van der Waals surface area contributed by atoms with Gasteiger partial charge in [-0.1, -0.05) is 0 Å². The van der Waals surface area contributed by atoms with Crippen LogP contribution in [0.2, 0.25) is 0 Å². The molecule has 1 aliphatic rings. The van der Waals surface area contributed by atoms with Crippen LogP contribution in [0.25, 0.3) is 0 Å². The topological polar surface area (TPSA) is 62.7 Å². The Kier molecular flexibility index (Phi) is 3.51. The Labute approximate surface area is 108 Å². The van der Waals surface area contributed by atoms with Gasteiger partial charge in [0.1, 0.15) is 6.61 Å². The van der Waals surface area contributed by atoms with Gasteiger partial charge in [-0.15, -0.1) is 0 Å². The normalized spacial score (nSPS) is 23.1. The minimum absolute atomic E-state index is 0.0605. The molecule has 1 N–H and O–H groups in total. The third-order valence-corrected chi connectivity index (χ3v) is 3.52. The molecule has 92 valence electrons. The van der Waals surface area contributed by atoms with Crippen molar-refractivity contribution in [2.45, 2.75) is 25.4 Å². The second-order valence-corrected chi connectivity index (χ2v) is 4.90. The smallest absolute Gasteiger partial charge is 0.407 e. The number of halogens is 1. The quantitative estimate of drug-likeness (QED) is 0.931. The van der Waals surface area contributed by atoms with Gasteiger partial charge in [0.2, 0.25) is 0 Å². The number of carbonyl (C=O) groups is 1. The van der Waals surface area contributed by atoms with Crippen molar-refractivity contribution in [2.24, 2.45) is 0 Å². The zero-order valence-corrected chi connectivity index (χ0v) is 10.9. The van der Waals surface area contributed by atoms with Crippen LogP contribution >= 0.6 is 15.9 Å². The van der Waals surface area contributed by atoms with Crippen molar-refractivity contribution < 1.29 is 14.6 Å². The first-order valence-electron chi connectivity index (χ1n) is 5.33. The summed E-state index contributed by atoms with van der Waals surface area (Å²) in [5.41, 5.74) is 0. The summed E-state index contributed by atoms with van der Waals surface area (Å²) in [5.74, 6) is 0.636. The van der Waals surface area contributed by atoms with Crippen molar-refractivity contribution >= 4 is 22.0 Å². The van der Waals surface area contributed by atoms with Gasteiger partial charge < -0.3 is 9.84 Å². The standard InChI is InChI=1S/C11H13BrN2O3/c1-7-4-8(14(7)11(15)16)6-17-10-5-13-3-2-9(10)12/h2-3,5,7-8H,4,6H2,1H3,(H,15,16). The van der Waals surface area contributed by atoms with Gasteiger partial charge in [0.05, 0.1) is 16.7 Å². The summed E-state index contributed by atoms with van der Waals surface area (Å²) >= 11 is 3.35. The predicted octanol–water partition coefficient (Wildman–Crippen LogP) is 2.36. The minimum Gasteiger partial charge on any atom is -0.489 e. The zero-order valence-electron chi connectivity index (χ0n) is 9.34. The Morgan fingerprint density at radius 1 is 1.76 bits per heavy atom. The predicted molar refractivity (Wildman–Crippen MR) is 65.2 cm³/mol. The Balaban J connectivity index is 1.92. The molecule has 17 heavy (non-hydrogen) atoms. The fourth-order valence-electron chi connectivity index (χ4n) is 1.99. The number of hydrogen-bond donors (Lipinski definition) is 1. The molecule has 2 heterocycles. The van der Waals surface area contributed by atoms with Crippen LogP contribution in [0.5, 0.6) is 5.75 Å². The maximum Gasteiger partial charge on any atom is 0.407 e. The van der Waals surface area contributed by atoms with Crippen LogP contribution < -0.4 is 4.74 Å². The van der Waals surface area contributed by atoms with Crippen molar-refractivity contribution in [3.8, 4) is 5.75 Å². The van der Waals surface area contributed by atoms with Gasteiger partial charge in [-0.3, -0.25) is 9.88 Å². The molecular weight excluding hydrogens is 288 g/mol. The summed E-state index contributed by atoms with van der Waals surface area (Å²) in [4.78, 5) is 16.3. The Morgan fingerprint density at radius 3 is 3.12 bits per heavy atom. The first kappa shape index (κ1) is 12.2. The number of aromatic nitrogens is 1. The molecule has 5 nitrogen and oxygen atoms in total. The molecule has 1 aromatic heterocycles. The number of likely N-dealkylation sites (tertiary alicyclic amines) is 1. The summed E-state index contributed by atoms with van der Waals surface area (Å²) in [6, 6.07) is 1.81. The van der Waals surface area contributed by atoms with E-state index in [-0.39, 0.29) is 12.1 Å². The number of carboxylic acid groups (broad SMARTS) is 1. The molecule has 0 aliphatic carbocycles. The lowest BCUT2D eigenvalue weighted by atomic mass is 9.96. The highest BCUT2D eigenvalue weighted by Gasteiger charge is 2.39. The van der Waals surface area contributed by atoms with Crippen molar-refractivity contribution in [3.63, 3.8) is 0 Å². The van der Waals surface area contributed by atoms with E-state index in [4.69, 9.17) is 9.84 Å². The van der Waals surface area contributed by atoms with Crippen molar-refractivity contribution in [3.05, 3.63) is 22.9 Å². The van der Waals surface area contributed by atoms with Gasteiger partial charge in [0.15, 0.2) is 5.75 Å². The summed E-state index contributed by atoms with van der Waals surface area (Å²) in [6.07, 6.45) is 3.22. The van der Waals surface area contributed by atoms with Gasteiger partial charge >= 0.3 is 6.09 Å². The second-order valence-electron chi connectivity index (χ2n) is 4.05. The van der Waals surface area contributed by atoms with Crippen molar-refractivity contribution in [1.82, 2.24) is 9.88 Å². The average Bonchev–Trinajstić information content (AvgIpc) is 2.24. The third-order valence-electron chi connectivity index (χ3n) is 2.87. The van der Waals surface area contributed by atoms with Crippen LogP contribution in [0.3, 0.4) is 0 Å².